The van der Waals surface area contributed by atoms with Gasteiger partial charge in [0.05, 0.1) is 4.47 Å². The molecule has 92 valence electrons. The zero-order chi connectivity index (χ0) is 13.1. The maximum absolute atomic E-state index is 13.1. The summed E-state index contributed by atoms with van der Waals surface area (Å²) in [4.78, 5) is 15.9. The maximum Gasteiger partial charge on any atom is 0.255 e. The SMILES string of the molecule is Cc1cnccc1NC(=O)c1ccc(F)c(Br)c1. The zero-order valence-electron chi connectivity index (χ0n) is 9.58. The monoisotopic (exact) mass is 308 g/mol. The fourth-order valence-corrected chi connectivity index (χ4v) is 1.82. The second-order valence-corrected chi connectivity index (χ2v) is 4.63. The molecular weight excluding hydrogens is 299 g/mol. The standard InChI is InChI=1S/C13H10BrFN2O/c1-8-7-16-5-4-12(8)17-13(18)9-2-3-11(15)10(14)6-9/h2-7H,1H3,(H,16,17,18). The number of hydrogen-bond acceptors (Lipinski definition) is 2. The van der Waals surface area contributed by atoms with Crippen molar-refractivity contribution in [3.63, 3.8) is 0 Å². The van der Waals surface area contributed by atoms with E-state index in [0.29, 0.717) is 11.3 Å². The first kappa shape index (κ1) is 12.7. The highest BCUT2D eigenvalue weighted by Gasteiger charge is 2.09. The quantitative estimate of drug-likeness (QED) is 0.922. The molecule has 1 N–H and O–H groups in total. The number of nitrogens with zero attached hydrogens (tertiary/aromatic N) is 1. The number of carbonyl (C=O) groups is 1. The van der Waals surface area contributed by atoms with E-state index in [1.54, 1.807) is 18.5 Å². The number of aromatic nitrogens is 1. The first-order chi connectivity index (χ1) is 8.58. The molecule has 18 heavy (non-hydrogen) atoms. The van der Waals surface area contributed by atoms with Gasteiger partial charge < -0.3 is 5.32 Å². The van der Waals surface area contributed by atoms with Gasteiger partial charge in [0.2, 0.25) is 0 Å². The number of pyridine rings is 1. The fourth-order valence-electron chi connectivity index (χ4n) is 1.45. The Morgan fingerprint density at radius 1 is 1.39 bits per heavy atom. The Kier molecular flexibility index (Phi) is 3.72. The Labute approximate surface area is 112 Å². The van der Waals surface area contributed by atoms with Gasteiger partial charge in [-0.05, 0) is 52.7 Å². The minimum Gasteiger partial charge on any atom is -0.322 e. The largest absolute Gasteiger partial charge is 0.322 e. The van der Waals surface area contributed by atoms with Crippen LogP contribution in [-0.4, -0.2) is 10.9 Å². The normalized spacial score (nSPS) is 10.2. The van der Waals surface area contributed by atoms with Crippen LogP contribution in [-0.2, 0) is 0 Å². The third-order valence-electron chi connectivity index (χ3n) is 2.45. The molecule has 3 nitrogen and oxygen atoms in total. The topological polar surface area (TPSA) is 42.0 Å². The van der Waals surface area contributed by atoms with Gasteiger partial charge in [-0.3, -0.25) is 9.78 Å². The average molecular weight is 309 g/mol. The van der Waals surface area contributed by atoms with Crippen molar-refractivity contribution in [2.24, 2.45) is 0 Å². The van der Waals surface area contributed by atoms with Crippen molar-refractivity contribution >= 4 is 27.5 Å². The summed E-state index contributed by atoms with van der Waals surface area (Å²) in [6.07, 6.45) is 3.26. The molecule has 0 atom stereocenters. The summed E-state index contributed by atoms with van der Waals surface area (Å²) in [6, 6.07) is 5.84. The summed E-state index contributed by atoms with van der Waals surface area (Å²) in [5, 5.41) is 2.75. The van der Waals surface area contributed by atoms with Crippen molar-refractivity contribution in [2.45, 2.75) is 6.92 Å². The molecule has 0 aliphatic carbocycles. The Balaban J connectivity index is 2.22. The van der Waals surface area contributed by atoms with E-state index in [0.717, 1.165) is 5.56 Å². The maximum atomic E-state index is 13.1. The molecule has 0 bridgehead atoms. The fraction of sp³-hybridized carbons (Fsp3) is 0.0769. The molecule has 0 fully saturated rings. The van der Waals surface area contributed by atoms with Crippen LogP contribution in [0.3, 0.4) is 0 Å². The number of hydrogen-bond donors (Lipinski definition) is 1. The molecule has 0 radical (unpaired) electrons. The summed E-state index contributed by atoms with van der Waals surface area (Å²) in [7, 11) is 0. The van der Waals surface area contributed by atoms with Crippen LogP contribution in [0.25, 0.3) is 0 Å². The van der Waals surface area contributed by atoms with Crippen LogP contribution in [0.4, 0.5) is 10.1 Å². The van der Waals surface area contributed by atoms with Gasteiger partial charge in [-0.15, -0.1) is 0 Å². The molecule has 2 rings (SSSR count). The molecule has 0 unspecified atom stereocenters. The first-order valence-corrected chi connectivity index (χ1v) is 6.04. The van der Waals surface area contributed by atoms with E-state index in [1.165, 1.54) is 18.2 Å². The summed E-state index contributed by atoms with van der Waals surface area (Å²) in [6.45, 7) is 1.85. The molecule has 1 aromatic carbocycles. The Morgan fingerprint density at radius 3 is 2.83 bits per heavy atom. The molecule has 0 spiro atoms. The molecule has 1 amide bonds. The van der Waals surface area contributed by atoms with Crippen molar-refractivity contribution in [3.8, 4) is 0 Å². The highest BCUT2D eigenvalue weighted by Crippen LogP contribution is 2.18. The van der Waals surface area contributed by atoms with Gasteiger partial charge in [0.25, 0.3) is 5.91 Å². The van der Waals surface area contributed by atoms with Crippen molar-refractivity contribution in [2.75, 3.05) is 5.32 Å². The van der Waals surface area contributed by atoms with Crippen LogP contribution in [0.1, 0.15) is 15.9 Å². The number of carbonyl (C=O) groups excluding carboxylic acids is 1. The Morgan fingerprint density at radius 2 is 2.17 bits per heavy atom. The van der Waals surface area contributed by atoms with Crippen molar-refractivity contribution in [1.82, 2.24) is 4.98 Å². The first-order valence-electron chi connectivity index (χ1n) is 5.25. The van der Waals surface area contributed by atoms with Gasteiger partial charge in [0.1, 0.15) is 5.82 Å². The van der Waals surface area contributed by atoms with E-state index in [1.807, 2.05) is 6.92 Å². The van der Waals surface area contributed by atoms with Crippen LogP contribution in [0, 0.1) is 12.7 Å². The lowest BCUT2D eigenvalue weighted by Crippen LogP contribution is -2.13. The smallest absolute Gasteiger partial charge is 0.255 e. The van der Waals surface area contributed by atoms with E-state index in [2.05, 4.69) is 26.2 Å². The van der Waals surface area contributed by atoms with Gasteiger partial charge in [-0.1, -0.05) is 0 Å². The third kappa shape index (κ3) is 2.73. The van der Waals surface area contributed by atoms with Crippen molar-refractivity contribution in [3.05, 3.63) is 58.1 Å². The number of aryl methyl sites for hydroxylation is 1. The van der Waals surface area contributed by atoms with Crippen LogP contribution in [0.2, 0.25) is 0 Å². The Hall–Kier alpha value is -1.75. The van der Waals surface area contributed by atoms with Crippen LogP contribution in [0.15, 0.2) is 41.1 Å². The summed E-state index contributed by atoms with van der Waals surface area (Å²) in [5.41, 5.74) is 1.95. The minimum atomic E-state index is -0.397. The van der Waals surface area contributed by atoms with Gasteiger partial charge in [-0.2, -0.15) is 0 Å². The van der Waals surface area contributed by atoms with Crippen molar-refractivity contribution in [1.29, 1.82) is 0 Å². The molecule has 0 aliphatic rings. The van der Waals surface area contributed by atoms with E-state index < -0.39 is 5.82 Å². The lowest BCUT2D eigenvalue weighted by Gasteiger charge is -2.08. The molecule has 2 aromatic rings. The second-order valence-electron chi connectivity index (χ2n) is 3.77. The number of halogens is 2. The summed E-state index contributed by atoms with van der Waals surface area (Å²) in [5.74, 6) is -0.684. The number of benzene rings is 1. The predicted molar refractivity (Wildman–Crippen MR) is 71.0 cm³/mol. The van der Waals surface area contributed by atoms with E-state index in [4.69, 9.17) is 0 Å². The molecule has 1 heterocycles. The number of nitrogens with one attached hydrogen (secondary N) is 1. The molecule has 0 saturated carbocycles. The molecular formula is C13H10BrFN2O. The predicted octanol–water partition coefficient (Wildman–Crippen LogP) is 3.54. The van der Waals surface area contributed by atoms with E-state index >= 15 is 0 Å². The molecule has 0 aliphatic heterocycles. The van der Waals surface area contributed by atoms with Crippen LogP contribution >= 0.6 is 15.9 Å². The zero-order valence-corrected chi connectivity index (χ0v) is 11.2. The summed E-state index contributed by atoms with van der Waals surface area (Å²) < 4.78 is 13.3. The Bertz CT molecular complexity index is 601. The third-order valence-corrected chi connectivity index (χ3v) is 3.06. The van der Waals surface area contributed by atoms with Crippen LogP contribution in [0.5, 0.6) is 0 Å². The minimum absolute atomic E-state index is 0.265. The summed E-state index contributed by atoms with van der Waals surface area (Å²) >= 11 is 3.05. The second kappa shape index (κ2) is 5.27. The van der Waals surface area contributed by atoms with Crippen molar-refractivity contribution < 1.29 is 9.18 Å². The van der Waals surface area contributed by atoms with Gasteiger partial charge >= 0.3 is 0 Å². The molecule has 5 heteroatoms. The van der Waals surface area contributed by atoms with Gasteiger partial charge in [-0.25, -0.2) is 4.39 Å². The van der Waals surface area contributed by atoms with Gasteiger partial charge in [0.15, 0.2) is 0 Å². The lowest BCUT2D eigenvalue weighted by molar-refractivity contribution is 0.102. The number of amides is 1. The highest BCUT2D eigenvalue weighted by atomic mass is 79.9. The number of anilines is 1. The lowest BCUT2D eigenvalue weighted by atomic mass is 10.2. The van der Waals surface area contributed by atoms with E-state index in [-0.39, 0.29) is 10.4 Å². The van der Waals surface area contributed by atoms with Crippen LogP contribution < -0.4 is 5.32 Å². The average Bonchev–Trinajstić information content (AvgIpc) is 2.35. The number of rotatable bonds is 2. The van der Waals surface area contributed by atoms with E-state index in [9.17, 15) is 9.18 Å². The molecule has 1 aromatic heterocycles. The van der Waals surface area contributed by atoms with Gasteiger partial charge in [0, 0.05) is 23.6 Å². The molecule has 0 saturated heterocycles. The highest BCUT2D eigenvalue weighted by molar-refractivity contribution is 9.10.